The molecule has 2 rings (SSSR count). The molecule has 2 saturated heterocycles. The number of rotatable bonds is 6. The summed E-state index contributed by atoms with van der Waals surface area (Å²) < 4.78 is 0. The lowest BCUT2D eigenvalue weighted by Crippen LogP contribution is -2.44. The van der Waals surface area contributed by atoms with Crippen LogP contribution in [0, 0.1) is 0 Å². The fourth-order valence-electron chi connectivity index (χ4n) is 3.30. The van der Waals surface area contributed by atoms with Crippen LogP contribution in [0.25, 0.3) is 0 Å². The minimum absolute atomic E-state index is 0.685. The predicted molar refractivity (Wildman–Crippen MR) is 78.0 cm³/mol. The molecule has 0 amide bonds. The molecule has 0 aliphatic carbocycles. The quantitative estimate of drug-likeness (QED) is 0.780. The number of hydrogen-bond donors (Lipinski definition) is 1. The van der Waals surface area contributed by atoms with Crippen molar-refractivity contribution in [1.29, 1.82) is 0 Å². The van der Waals surface area contributed by atoms with Gasteiger partial charge in [0, 0.05) is 12.6 Å². The first-order valence-corrected chi connectivity index (χ1v) is 8.00. The van der Waals surface area contributed by atoms with Crippen LogP contribution in [0.2, 0.25) is 0 Å². The van der Waals surface area contributed by atoms with E-state index in [1.165, 1.54) is 84.2 Å². The summed E-state index contributed by atoms with van der Waals surface area (Å²) in [5, 5.41) is 3.52. The average molecular weight is 253 g/mol. The van der Waals surface area contributed by atoms with Gasteiger partial charge < -0.3 is 15.1 Å². The predicted octanol–water partition coefficient (Wildman–Crippen LogP) is 1.94. The molecule has 0 spiro atoms. The monoisotopic (exact) mass is 253 g/mol. The van der Waals surface area contributed by atoms with Gasteiger partial charge in [0.2, 0.25) is 0 Å². The summed E-state index contributed by atoms with van der Waals surface area (Å²) in [5.74, 6) is 0. The Morgan fingerprint density at radius 1 is 0.833 bits per heavy atom. The van der Waals surface area contributed by atoms with Crippen LogP contribution in [0.15, 0.2) is 0 Å². The second-order valence-corrected chi connectivity index (χ2v) is 6.04. The maximum absolute atomic E-state index is 3.52. The highest BCUT2D eigenvalue weighted by Crippen LogP contribution is 2.12. The topological polar surface area (TPSA) is 18.5 Å². The van der Waals surface area contributed by atoms with Gasteiger partial charge in [-0.2, -0.15) is 0 Å². The van der Waals surface area contributed by atoms with Gasteiger partial charge in [-0.3, -0.25) is 0 Å². The number of piperidine rings is 2. The van der Waals surface area contributed by atoms with Gasteiger partial charge in [-0.1, -0.05) is 12.8 Å². The Labute approximate surface area is 113 Å². The molecule has 2 aliphatic heterocycles. The molecular weight excluding hydrogens is 222 g/mol. The fourth-order valence-corrected chi connectivity index (χ4v) is 3.30. The van der Waals surface area contributed by atoms with E-state index in [0.717, 1.165) is 0 Å². The molecule has 2 fully saturated rings. The summed E-state index contributed by atoms with van der Waals surface area (Å²) in [7, 11) is 2.13. The summed E-state index contributed by atoms with van der Waals surface area (Å²) in [5.41, 5.74) is 0. The lowest BCUT2D eigenvalue weighted by molar-refractivity contribution is 0.182. The van der Waals surface area contributed by atoms with E-state index in [2.05, 4.69) is 22.2 Å². The minimum Gasteiger partial charge on any atom is -0.316 e. The molecule has 3 nitrogen and oxygen atoms in total. The summed E-state index contributed by atoms with van der Waals surface area (Å²) >= 11 is 0. The molecule has 2 aliphatic rings. The molecule has 0 aromatic rings. The zero-order valence-electron chi connectivity index (χ0n) is 12.2. The van der Waals surface area contributed by atoms with Gasteiger partial charge in [0.25, 0.3) is 0 Å². The number of nitrogens with zero attached hydrogens (tertiary/aromatic N) is 2. The molecule has 0 aromatic heterocycles. The Bertz CT molecular complexity index is 208. The lowest BCUT2D eigenvalue weighted by atomic mass is 10.1. The molecule has 1 N–H and O–H groups in total. The zero-order chi connectivity index (χ0) is 12.6. The Morgan fingerprint density at radius 3 is 1.94 bits per heavy atom. The van der Waals surface area contributed by atoms with Crippen LogP contribution >= 0.6 is 0 Å². The second-order valence-electron chi connectivity index (χ2n) is 6.04. The van der Waals surface area contributed by atoms with Crippen molar-refractivity contribution >= 4 is 0 Å². The molecule has 1 unspecified atom stereocenters. The van der Waals surface area contributed by atoms with Crippen molar-refractivity contribution in [3.63, 3.8) is 0 Å². The number of hydrogen-bond acceptors (Lipinski definition) is 3. The van der Waals surface area contributed by atoms with Gasteiger partial charge in [-0.15, -0.1) is 0 Å². The molecule has 1 atom stereocenters. The molecule has 106 valence electrons. The van der Waals surface area contributed by atoms with Crippen LogP contribution in [-0.2, 0) is 0 Å². The maximum Gasteiger partial charge on any atom is 0.0204 e. The van der Waals surface area contributed by atoms with Crippen LogP contribution in [0.3, 0.4) is 0 Å². The van der Waals surface area contributed by atoms with Crippen molar-refractivity contribution in [3.8, 4) is 0 Å². The fraction of sp³-hybridized carbons (Fsp3) is 1.00. The Kier molecular flexibility index (Phi) is 6.46. The van der Waals surface area contributed by atoms with Crippen molar-refractivity contribution in [2.24, 2.45) is 0 Å². The Hall–Kier alpha value is -0.120. The number of nitrogens with one attached hydrogen (secondary N) is 1. The zero-order valence-corrected chi connectivity index (χ0v) is 12.2. The summed E-state index contributed by atoms with van der Waals surface area (Å²) in [4.78, 5) is 5.31. The van der Waals surface area contributed by atoms with E-state index < -0.39 is 0 Å². The molecular formula is C15H31N3. The van der Waals surface area contributed by atoms with Crippen LogP contribution < -0.4 is 5.32 Å². The highest BCUT2D eigenvalue weighted by atomic mass is 15.2. The van der Waals surface area contributed by atoms with Crippen LogP contribution in [-0.4, -0.2) is 62.2 Å². The maximum atomic E-state index is 3.52. The van der Waals surface area contributed by atoms with E-state index >= 15 is 0 Å². The van der Waals surface area contributed by atoms with Gasteiger partial charge >= 0.3 is 0 Å². The number of likely N-dealkylation sites (tertiary alicyclic amines) is 2. The third-order valence-corrected chi connectivity index (χ3v) is 4.58. The first-order valence-electron chi connectivity index (χ1n) is 8.00. The molecule has 2 heterocycles. The second kappa shape index (κ2) is 8.13. The van der Waals surface area contributed by atoms with Gasteiger partial charge in [0.05, 0.1) is 0 Å². The van der Waals surface area contributed by atoms with Gasteiger partial charge in [-0.25, -0.2) is 0 Å². The van der Waals surface area contributed by atoms with Crippen molar-refractivity contribution in [2.45, 2.75) is 51.0 Å². The van der Waals surface area contributed by atoms with E-state index in [-0.39, 0.29) is 0 Å². The Balaban J connectivity index is 1.64. The van der Waals surface area contributed by atoms with Crippen molar-refractivity contribution in [2.75, 3.05) is 46.3 Å². The minimum atomic E-state index is 0.685. The first kappa shape index (κ1) is 14.3. The largest absolute Gasteiger partial charge is 0.316 e. The van der Waals surface area contributed by atoms with Crippen molar-refractivity contribution in [1.82, 2.24) is 15.1 Å². The summed E-state index contributed by atoms with van der Waals surface area (Å²) in [6.45, 7) is 7.85. The molecule has 18 heavy (non-hydrogen) atoms. The highest BCUT2D eigenvalue weighted by molar-refractivity contribution is 4.75. The molecule has 0 bridgehead atoms. The standard InChI is InChI=1S/C15H31N3/c1-16-15(14-18-11-6-3-7-12-18)8-13-17-9-4-2-5-10-17/h15-16H,2-14H2,1H3. The summed E-state index contributed by atoms with van der Waals surface area (Å²) in [6, 6.07) is 0.685. The van der Waals surface area contributed by atoms with Crippen LogP contribution in [0.1, 0.15) is 44.9 Å². The lowest BCUT2D eigenvalue weighted by Gasteiger charge is -2.32. The van der Waals surface area contributed by atoms with Crippen molar-refractivity contribution < 1.29 is 0 Å². The van der Waals surface area contributed by atoms with Gasteiger partial charge in [-0.05, 0) is 71.9 Å². The smallest absolute Gasteiger partial charge is 0.0204 e. The van der Waals surface area contributed by atoms with Gasteiger partial charge in [0.15, 0.2) is 0 Å². The van der Waals surface area contributed by atoms with Crippen molar-refractivity contribution in [3.05, 3.63) is 0 Å². The molecule has 0 radical (unpaired) electrons. The third-order valence-electron chi connectivity index (χ3n) is 4.58. The van der Waals surface area contributed by atoms with Crippen LogP contribution in [0.4, 0.5) is 0 Å². The number of likely N-dealkylation sites (N-methyl/N-ethyl adjacent to an activating group) is 1. The van der Waals surface area contributed by atoms with Crippen LogP contribution in [0.5, 0.6) is 0 Å². The van der Waals surface area contributed by atoms with E-state index in [9.17, 15) is 0 Å². The van der Waals surface area contributed by atoms with E-state index in [1.807, 2.05) is 0 Å². The normalized spacial score (nSPS) is 25.2. The van der Waals surface area contributed by atoms with E-state index in [1.54, 1.807) is 0 Å². The first-order chi connectivity index (χ1) is 8.88. The average Bonchev–Trinajstić information content (AvgIpc) is 2.45. The highest BCUT2D eigenvalue weighted by Gasteiger charge is 2.17. The van der Waals surface area contributed by atoms with E-state index in [0.29, 0.717) is 6.04 Å². The third kappa shape index (κ3) is 4.87. The Morgan fingerprint density at radius 2 is 1.39 bits per heavy atom. The van der Waals surface area contributed by atoms with Gasteiger partial charge in [0.1, 0.15) is 0 Å². The molecule has 0 aromatic carbocycles. The SMILES string of the molecule is CNC(CCN1CCCCC1)CN1CCCCC1. The molecule has 3 heteroatoms. The van der Waals surface area contributed by atoms with E-state index in [4.69, 9.17) is 0 Å². The molecule has 0 saturated carbocycles. The summed E-state index contributed by atoms with van der Waals surface area (Å²) in [6.07, 6.45) is 9.83.